The molecule has 1 heterocycles. The first-order valence-electron chi connectivity index (χ1n) is 18.2. The second-order valence-corrected chi connectivity index (χ2v) is 14.8. The van der Waals surface area contributed by atoms with E-state index >= 15 is 0 Å². The molecule has 0 amide bonds. The summed E-state index contributed by atoms with van der Waals surface area (Å²) in [5.41, 5.74) is 14.5. The average Bonchev–Trinajstić information content (AvgIpc) is 3.68. The van der Waals surface area contributed by atoms with Crippen LogP contribution in [0.4, 0.5) is 0 Å². The third-order valence-corrected chi connectivity index (χ3v) is 11.7. The minimum absolute atomic E-state index is 0.0918. The highest BCUT2D eigenvalue weighted by Gasteiger charge is 2.36. The molecular formula is C51H34O. The molecule has 0 saturated carbocycles. The van der Waals surface area contributed by atoms with Crippen LogP contribution in [0, 0.1) is 0 Å². The molecule has 244 valence electrons. The zero-order valence-corrected chi connectivity index (χ0v) is 29.1. The summed E-state index contributed by atoms with van der Waals surface area (Å²) in [6.45, 7) is 4.65. The molecule has 11 rings (SSSR count). The van der Waals surface area contributed by atoms with Crippen LogP contribution in [0.2, 0.25) is 0 Å². The van der Waals surface area contributed by atoms with Crippen LogP contribution in [0.15, 0.2) is 174 Å². The van der Waals surface area contributed by atoms with E-state index in [2.05, 4.69) is 184 Å². The molecule has 0 saturated heterocycles. The van der Waals surface area contributed by atoms with Gasteiger partial charge in [0.15, 0.2) is 0 Å². The molecule has 0 radical (unpaired) electrons. The molecule has 10 aromatic rings. The van der Waals surface area contributed by atoms with Gasteiger partial charge in [0.25, 0.3) is 0 Å². The number of furan rings is 1. The predicted molar refractivity (Wildman–Crippen MR) is 219 cm³/mol. The van der Waals surface area contributed by atoms with E-state index in [0.717, 1.165) is 33.4 Å². The minimum atomic E-state index is -0.0918. The Morgan fingerprint density at radius 3 is 1.58 bits per heavy atom. The Morgan fingerprint density at radius 1 is 0.385 bits per heavy atom. The van der Waals surface area contributed by atoms with Crippen LogP contribution < -0.4 is 0 Å². The number of fused-ring (bicyclic) bond motifs is 4. The molecule has 1 aromatic heterocycles. The van der Waals surface area contributed by atoms with Gasteiger partial charge in [0.05, 0.1) is 0 Å². The van der Waals surface area contributed by atoms with Gasteiger partial charge >= 0.3 is 0 Å². The fourth-order valence-electron chi connectivity index (χ4n) is 9.11. The average molecular weight is 663 g/mol. The van der Waals surface area contributed by atoms with Crippen LogP contribution in [0.5, 0.6) is 0 Å². The quantitative estimate of drug-likeness (QED) is 0.171. The van der Waals surface area contributed by atoms with E-state index in [0.29, 0.717) is 0 Å². The van der Waals surface area contributed by atoms with Crippen molar-refractivity contribution in [2.45, 2.75) is 19.3 Å². The summed E-state index contributed by atoms with van der Waals surface area (Å²) in [6.07, 6.45) is 0. The lowest BCUT2D eigenvalue weighted by Crippen LogP contribution is -2.14. The van der Waals surface area contributed by atoms with Crippen LogP contribution in [0.1, 0.15) is 25.0 Å². The first-order chi connectivity index (χ1) is 25.5. The van der Waals surface area contributed by atoms with Crippen molar-refractivity contribution in [2.24, 2.45) is 0 Å². The molecule has 0 N–H and O–H groups in total. The summed E-state index contributed by atoms with van der Waals surface area (Å²) in [5.74, 6) is 0.912. The Hall–Kier alpha value is -6.44. The standard InChI is InChI=1S/C51H34O/c1-51(2)44-16-10-9-15-39(44)42-29-43-46(30-45(42)51)52-50(36-13-7-4-8-14-36)49(43)35-19-17-32(18-20-35)38-26-22-34-23-27-40-37(31-11-5-3-6-12-31)25-21-33-24-28-41(38)48(34)47(33)40/h3-30H,1-2H3. The van der Waals surface area contributed by atoms with E-state index in [4.69, 9.17) is 4.42 Å². The summed E-state index contributed by atoms with van der Waals surface area (Å²) >= 11 is 0. The summed E-state index contributed by atoms with van der Waals surface area (Å²) in [6, 6.07) is 62.2. The van der Waals surface area contributed by atoms with E-state index in [-0.39, 0.29) is 5.41 Å². The molecule has 0 bridgehead atoms. The van der Waals surface area contributed by atoms with E-state index < -0.39 is 0 Å². The highest BCUT2D eigenvalue weighted by molar-refractivity contribution is 6.27. The van der Waals surface area contributed by atoms with E-state index in [9.17, 15) is 0 Å². The van der Waals surface area contributed by atoms with Gasteiger partial charge in [0.1, 0.15) is 11.3 Å². The van der Waals surface area contributed by atoms with Crippen LogP contribution >= 0.6 is 0 Å². The first kappa shape index (κ1) is 29.3. The lowest BCUT2D eigenvalue weighted by Gasteiger charge is -2.21. The van der Waals surface area contributed by atoms with Crippen molar-refractivity contribution in [3.05, 3.63) is 181 Å². The lowest BCUT2D eigenvalue weighted by molar-refractivity contribution is 0.625. The van der Waals surface area contributed by atoms with Crippen molar-refractivity contribution >= 4 is 43.3 Å². The van der Waals surface area contributed by atoms with E-state index in [1.807, 2.05) is 0 Å². The smallest absolute Gasteiger partial charge is 0.143 e. The van der Waals surface area contributed by atoms with Crippen molar-refractivity contribution in [1.29, 1.82) is 0 Å². The maximum Gasteiger partial charge on any atom is 0.143 e. The van der Waals surface area contributed by atoms with Gasteiger partial charge in [-0.1, -0.05) is 172 Å². The molecule has 0 aliphatic heterocycles. The van der Waals surface area contributed by atoms with Gasteiger partial charge < -0.3 is 4.42 Å². The fourth-order valence-corrected chi connectivity index (χ4v) is 9.11. The minimum Gasteiger partial charge on any atom is -0.455 e. The molecular weight excluding hydrogens is 629 g/mol. The molecule has 1 heteroatoms. The summed E-state index contributed by atoms with van der Waals surface area (Å²) < 4.78 is 6.84. The van der Waals surface area contributed by atoms with Crippen molar-refractivity contribution in [1.82, 2.24) is 0 Å². The van der Waals surface area contributed by atoms with Crippen molar-refractivity contribution in [3.8, 4) is 55.8 Å². The van der Waals surface area contributed by atoms with Gasteiger partial charge in [-0.3, -0.25) is 0 Å². The maximum atomic E-state index is 6.84. The van der Waals surface area contributed by atoms with Crippen molar-refractivity contribution in [2.75, 3.05) is 0 Å². The molecule has 1 aliphatic rings. The van der Waals surface area contributed by atoms with Gasteiger partial charge in [-0.25, -0.2) is 0 Å². The van der Waals surface area contributed by atoms with Gasteiger partial charge in [-0.05, 0) is 94.5 Å². The molecule has 0 fully saturated rings. The third-order valence-electron chi connectivity index (χ3n) is 11.7. The molecule has 1 aliphatic carbocycles. The number of hydrogen-bond acceptors (Lipinski definition) is 1. The lowest BCUT2D eigenvalue weighted by atomic mass is 9.82. The molecule has 0 unspecified atom stereocenters. The first-order valence-corrected chi connectivity index (χ1v) is 18.2. The Morgan fingerprint density at radius 2 is 0.923 bits per heavy atom. The largest absolute Gasteiger partial charge is 0.455 e. The Kier molecular flexibility index (Phi) is 6.08. The number of rotatable bonds is 4. The van der Waals surface area contributed by atoms with E-state index in [1.54, 1.807) is 0 Å². The Bertz CT molecular complexity index is 3000. The van der Waals surface area contributed by atoms with Gasteiger partial charge in [0, 0.05) is 21.9 Å². The highest BCUT2D eigenvalue weighted by atomic mass is 16.3. The maximum absolute atomic E-state index is 6.84. The van der Waals surface area contributed by atoms with Crippen molar-refractivity contribution < 1.29 is 4.42 Å². The summed E-state index contributed by atoms with van der Waals surface area (Å²) in [4.78, 5) is 0. The monoisotopic (exact) mass is 662 g/mol. The van der Waals surface area contributed by atoms with Gasteiger partial charge in [-0.2, -0.15) is 0 Å². The fraction of sp³-hybridized carbons (Fsp3) is 0.0588. The second-order valence-electron chi connectivity index (χ2n) is 14.8. The van der Waals surface area contributed by atoms with Crippen LogP contribution in [-0.4, -0.2) is 0 Å². The summed E-state index contributed by atoms with van der Waals surface area (Å²) in [7, 11) is 0. The zero-order chi connectivity index (χ0) is 34.6. The molecule has 9 aromatic carbocycles. The third kappa shape index (κ3) is 4.11. The molecule has 0 spiro atoms. The number of benzene rings is 9. The molecule has 52 heavy (non-hydrogen) atoms. The van der Waals surface area contributed by atoms with Crippen LogP contribution in [-0.2, 0) is 5.41 Å². The van der Waals surface area contributed by atoms with Gasteiger partial charge in [0.2, 0.25) is 0 Å². The predicted octanol–water partition coefficient (Wildman–Crippen LogP) is 14.3. The van der Waals surface area contributed by atoms with Gasteiger partial charge in [-0.15, -0.1) is 0 Å². The topological polar surface area (TPSA) is 13.1 Å². The SMILES string of the molecule is CC1(C)c2ccccc2-c2cc3c(-c4ccc(-c5ccc6ccc7c(-c8ccccc8)ccc8ccc5c6c87)cc4)c(-c4ccccc4)oc3cc21. The molecule has 1 nitrogen and oxygen atoms in total. The Balaban J connectivity index is 1.09. The second kappa shape index (κ2) is 10.8. The normalized spacial score (nSPS) is 13.3. The molecule has 0 atom stereocenters. The Labute approximate surface area is 302 Å². The van der Waals surface area contributed by atoms with E-state index in [1.165, 1.54) is 76.8 Å². The summed E-state index contributed by atoms with van der Waals surface area (Å²) in [5, 5.41) is 8.94. The van der Waals surface area contributed by atoms with Crippen LogP contribution in [0.3, 0.4) is 0 Å². The zero-order valence-electron chi connectivity index (χ0n) is 29.1. The van der Waals surface area contributed by atoms with Crippen molar-refractivity contribution in [3.63, 3.8) is 0 Å². The number of hydrogen-bond donors (Lipinski definition) is 0. The van der Waals surface area contributed by atoms with Crippen LogP contribution in [0.25, 0.3) is 99.1 Å². The highest BCUT2D eigenvalue weighted by Crippen LogP contribution is 2.52.